The fourth-order valence-electron chi connectivity index (χ4n) is 4.07. The molecule has 5 aromatic rings. The van der Waals surface area contributed by atoms with E-state index in [0.717, 1.165) is 18.8 Å². The van der Waals surface area contributed by atoms with Crippen LogP contribution in [0.5, 0.6) is 0 Å². The Hall–Kier alpha value is -3.78. The normalized spacial score (nSPS) is 11.0. The number of anilines is 2. The van der Waals surface area contributed by atoms with E-state index in [1.807, 2.05) is 0 Å². The zero-order chi connectivity index (χ0) is 21.0. The lowest BCUT2D eigenvalue weighted by atomic mass is 10.1. The van der Waals surface area contributed by atoms with Gasteiger partial charge in [-0.3, -0.25) is 0 Å². The van der Waals surface area contributed by atoms with Crippen molar-refractivity contribution >= 4 is 32.9 Å². The molecule has 0 saturated heterocycles. The van der Waals surface area contributed by atoms with Gasteiger partial charge in [0, 0.05) is 24.5 Å². The summed E-state index contributed by atoms with van der Waals surface area (Å²) in [6, 6.07) is 36.8. The first-order valence-electron chi connectivity index (χ1n) is 10.8. The predicted molar refractivity (Wildman–Crippen MR) is 134 cm³/mol. The molecule has 31 heavy (non-hydrogen) atoms. The van der Waals surface area contributed by atoms with Crippen LogP contribution in [0, 0.1) is 6.92 Å². The zero-order valence-electron chi connectivity index (χ0n) is 17.7. The number of rotatable bonds is 6. The van der Waals surface area contributed by atoms with Crippen LogP contribution < -0.4 is 10.6 Å². The molecule has 0 saturated carbocycles. The fraction of sp³-hybridized carbons (Fsp3) is 0.103. The van der Waals surface area contributed by atoms with Crippen molar-refractivity contribution in [3.8, 4) is 0 Å². The van der Waals surface area contributed by atoms with Crippen molar-refractivity contribution in [1.29, 1.82) is 0 Å². The molecule has 2 nitrogen and oxygen atoms in total. The lowest BCUT2D eigenvalue weighted by Crippen LogP contribution is -2.03. The Morgan fingerprint density at radius 1 is 0.516 bits per heavy atom. The molecule has 0 spiro atoms. The van der Waals surface area contributed by atoms with Crippen molar-refractivity contribution in [1.82, 2.24) is 0 Å². The van der Waals surface area contributed by atoms with Crippen molar-refractivity contribution in [2.45, 2.75) is 20.0 Å². The highest BCUT2D eigenvalue weighted by atomic mass is 14.9. The monoisotopic (exact) mass is 402 g/mol. The van der Waals surface area contributed by atoms with Crippen molar-refractivity contribution in [2.75, 3.05) is 10.6 Å². The summed E-state index contributed by atoms with van der Waals surface area (Å²) in [5, 5.41) is 12.3. The number of benzene rings is 5. The molecule has 0 aromatic heterocycles. The molecule has 2 heteroatoms. The minimum atomic E-state index is 0.814. The molecular weight excluding hydrogens is 376 g/mol. The molecule has 152 valence electrons. The lowest BCUT2D eigenvalue weighted by molar-refractivity contribution is 1.13. The number of hydrogen-bond donors (Lipinski definition) is 2. The minimum Gasteiger partial charge on any atom is -0.381 e. The SMILES string of the molecule is Cc1cc(NCc2ccc3ccccc3c2)ccc1NCc1ccc2ccccc2c1. The number of nitrogens with one attached hydrogen (secondary N) is 2. The number of hydrogen-bond acceptors (Lipinski definition) is 2. The molecule has 5 rings (SSSR count). The van der Waals surface area contributed by atoms with Crippen LogP contribution in [0.1, 0.15) is 16.7 Å². The van der Waals surface area contributed by atoms with Gasteiger partial charge in [0.15, 0.2) is 0 Å². The topological polar surface area (TPSA) is 24.1 Å². The first kappa shape index (κ1) is 19.2. The van der Waals surface area contributed by atoms with Gasteiger partial charge in [0.1, 0.15) is 0 Å². The summed E-state index contributed by atoms with van der Waals surface area (Å²) in [5.74, 6) is 0. The van der Waals surface area contributed by atoms with Crippen LogP contribution in [0.15, 0.2) is 103 Å². The predicted octanol–water partition coefficient (Wildman–Crippen LogP) is 7.53. The highest BCUT2D eigenvalue weighted by Gasteiger charge is 2.03. The van der Waals surface area contributed by atoms with E-state index in [9.17, 15) is 0 Å². The molecule has 0 aliphatic carbocycles. The molecule has 0 atom stereocenters. The molecule has 0 aliphatic rings. The Morgan fingerprint density at radius 2 is 1.06 bits per heavy atom. The molecule has 0 aliphatic heterocycles. The molecule has 0 radical (unpaired) electrons. The largest absolute Gasteiger partial charge is 0.381 e. The third-order valence-electron chi connectivity index (χ3n) is 5.83. The fourth-order valence-corrected chi connectivity index (χ4v) is 4.07. The van der Waals surface area contributed by atoms with E-state index in [2.05, 4.69) is 121 Å². The molecule has 0 heterocycles. The maximum Gasteiger partial charge on any atom is 0.0401 e. The highest BCUT2D eigenvalue weighted by Crippen LogP contribution is 2.23. The molecule has 0 bridgehead atoms. The van der Waals surface area contributed by atoms with Crippen molar-refractivity contribution in [3.05, 3.63) is 120 Å². The quantitative estimate of drug-likeness (QED) is 0.307. The van der Waals surface area contributed by atoms with Gasteiger partial charge in [-0.1, -0.05) is 72.8 Å². The Morgan fingerprint density at radius 3 is 1.65 bits per heavy atom. The van der Waals surface area contributed by atoms with Gasteiger partial charge in [0.05, 0.1) is 0 Å². The average Bonchev–Trinajstić information content (AvgIpc) is 2.82. The summed E-state index contributed by atoms with van der Waals surface area (Å²) in [7, 11) is 0. The second kappa shape index (κ2) is 8.53. The first-order valence-corrected chi connectivity index (χ1v) is 10.8. The standard InChI is InChI=1S/C29H26N2/c1-21-16-28(30-19-22-10-12-24-6-2-4-8-26(24)17-22)14-15-29(21)31-20-23-11-13-25-7-3-5-9-27(25)18-23/h2-18,30-31H,19-20H2,1H3. The maximum atomic E-state index is 3.59. The van der Waals surface area contributed by atoms with E-state index in [4.69, 9.17) is 0 Å². The van der Waals surface area contributed by atoms with Gasteiger partial charge in [-0.05, 0) is 75.5 Å². The molecule has 0 fully saturated rings. The zero-order valence-corrected chi connectivity index (χ0v) is 17.7. The second-order valence-corrected chi connectivity index (χ2v) is 8.10. The lowest BCUT2D eigenvalue weighted by Gasteiger charge is -2.13. The van der Waals surface area contributed by atoms with Crippen LogP contribution in [0.25, 0.3) is 21.5 Å². The van der Waals surface area contributed by atoms with Gasteiger partial charge in [0.2, 0.25) is 0 Å². The van der Waals surface area contributed by atoms with Crippen LogP contribution in [0.3, 0.4) is 0 Å². The van der Waals surface area contributed by atoms with E-state index in [-0.39, 0.29) is 0 Å². The van der Waals surface area contributed by atoms with Crippen LogP contribution in [-0.2, 0) is 13.1 Å². The Bertz CT molecular complexity index is 1350. The van der Waals surface area contributed by atoms with Gasteiger partial charge in [-0.2, -0.15) is 0 Å². The van der Waals surface area contributed by atoms with Crippen LogP contribution in [0.4, 0.5) is 11.4 Å². The van der Waals surface area contributed by atoms with Crippen LogP contribution in [0.2, 0.25) is 0 Å². The smallest absolute Gasteiger partial charge is 0.0401 e. The molecule has 0 unspecified atom stereocenters. The average molecular weight is 403 g/mol. The summed E-state index contributed by atoms with van der Waals surface area (Å²) < 4.78 is 0. The molecule has 5 aromatic carbocycles. The number of fused-ring (bicyclic) bond motifs is 2. The van der Waals surface area contributed by atoms with Gasteiger partial charge < -0.3 is 10.6 Å². The molecule has 2 N–H and O–H groups in total. The van der Waals surface area contributed by atoms with Crippen molar-refractivity contribution in [2.24, 2.45) is 0 Å². The van der Waals surface area contributed by atoms with E-state index < -0.39 is 0 Å². The van der Waals surface area contributed by atoms with Crippen LogP contribution in [-0.4, -0.2) is 0 Å². The Labute approximate surface area is 183 Å². The van der Waals surface area contributed by atoms with E-state index in [1.165, 1.54) is 43.9 Å². The van der Waals surface area contributed by atoms with Gasteiger partial charge in [-0.25, -0.2) is 0 Å². The third kappa shape index (κ3) is 4.39. The van der Waals surface area contributed by atoms with E-state index >= 15 is 0 Å². The summed E-state index contributed by atoms with van der Waals surface area (Å²) in [6.45, 7) is 3.79. The molecule has 0 amide bonds. The Balaban J connectivity index is 1.23. The van der Waals surface area contributed by atoms with Gasteiger partial charge in [0.25, 0.3) is 0 Å². The third-order valence-corrected chi connectivity index (χ3v) is 5.83. The summed E-state index contributed by atoms with van der Waals surface area (Å²) in [5.41, 5.74) is 6.13. The summed E-state index contributed by atoms with van der Waals surface area (Å²) >= 11 is 0. The summed E-state index contributed by atoms with van der Waals surface area (Å²) in [4.78, 5) is 0. The highest BCUT2D eigenvalue weighted by molar-refractivity contribution is 5.83. The second-order valence-electron chi connectivity index (χ2n) is 8.10. The van der Waals surface area contributed by atoms with E-state index in [1.54, 1.807) is 0 Å². The summed E-state index contributed by atoms with van der Waals surface area (Å²) in [6.07, 6.45) is 0. The minimum absolute atomic E-state index is 0.814. The maximum absolute atomic E-state index is 3.59. The first-order chi connectivity index (χ1) is 15.2. The van der Waals surface area contributed by atoms with Gasteiger partial charge >= 0.3 is 0 Å². The van der Waals surface area contributed by atoms with Crippen molar-refractivity contribution in [3.63, 3.8) is 0 Å². The number of aryl methyl sites for hydroxylation is 1. The Kier molecular flexibility index (Phi) is 5.28. The van der Waals surface area contributed by atoms with Gasteiger partial charge in [-0.15, -0.1) is 0 Å². The van der Waals surface area contributed by atoms with Crippen LogP contribution >= 0.6 is 0 Å². The van der Waals surface area contributed by atoms with Crippen molar-refractivity contribution < 1.29 is 0 Å². The molecular formula is C29H26N2. The van der Waals surface area contributed by atoms with E-state index in [0.29, 0.717) is 0 Å².